The summed E-state index contributed by atoms with van der Waals surface area (Å²) in [6.45, 7) is 2.74. The van der Waals surface area contributed by atoms with Crippen LogP contribution in [-0.4, -0.2) is 23.9 Å². The normalized spacial score (nSPS) is 14.4. The zero-order chi connectivity index (χ0) is 15.4. The van der Waals surface area contributed by atoms with Crippen LogP contribution < -0.4 is 10.6 Å². The van der Waals surface area contributed by atoms with E-state index in [0.29, 0.717) is 19.0 Å². The number of rotatable bonds is 6. The fourth-order valence-electron chi connectivity index (χ4n) is 2.25. The van der Waals surface area contributed by atoms with E-state index in [1.54, 1.807) is 6.92 Å². The van der Waals surface area contributed by atoms with Crippen molar-refractivity contribution in [1.29, 1.82) is 0 Å². The van der Waals surface area contributed by atoms with Crippen molar-refractivity contribution in [3.05, 3.63) is 33.6 Å². The van der Waals surface area contributed by atoms with Crippen LogP contribution in [0.2, 0.25) is 0 Å². The van der Waals surface area contributed by atoms with E-state index in [1.807, 2.05) is 0 Å². The van der Waals surface area contributed by atoms with Gasteiger partial charge in [-0.1, -0.05) is 6.42 Å². The first kappa shape index (κ1) is 15.2. The van der Waals surface area contributed by atoms with Crippen LogP contribution in [0.25, 0.3) is 0 Å². The molecular formula is C14H18FN3O3. The molecule has 0 bridgehead atoms. The van der Waals surface area contributed by atoms with Gasteiger partial charge < -0.3 is 10.6 Å². The first-order valence-electron chi connectivity index (χ1n) is 7.03. The van der Waals surface area contributed by atoms with E-state index >= 15 is 0 Å². The lowest BCUT2D eigenvalue weighted by Gasteiger charge is -2.25. The Bertz CT molecular complexity index is 559. The molecule has 0 saturated heterocycles. The third-order valence-electron chi connectivity index (χ3n) is 3.67. The highest BCUT2D eigenvalue weighted by molar-refractivity contribution is 5.99. The molecule has 7 heteroatoms. The van der Waals surface area contributed by atoms with Crippen molar-refractivity contribution in [2.45, 2.75) is 26.2 Å². The molecule has 0 aliphatic heterocycles. The molecule has 2 rings (SSSR count). The second kappa shape index (κ2) is 6.51. The van der Waals surface area contributed by atoms with E-state index in [4.69, 9.17) is 0 Å². The molecule has 1 fully saturated rings. The smallest absolute Gasteiger partial charge is 0.285 e. The van der Waals surface area contributed by atoms with E-state index in [9.17, 15) is 19.3 Å². The molecule has 0 spiro atoms. The van der Waals surface area contributed by atoms with Gasteiger partial charge in [0.05, 0.1) is 16.7 Å². The molecule has 1 aromatic rings. The van der Waals surface area contributed by atoms with Crippen LogP contribution in [0.1, 0.15) is 36.5 Å². The molecule has 1 aliphatic carbocycles. The highest BCUT2D eigenvalue weighted by atomic mass is 19.1. The number of amides is 1. The summed E-state index contributed by atoms with van der Waals surface area (Å²) in [5.41, 5.74) is -0.533. The van der Waals surface area contributed by atoms with Gasteiger partial charge in [0, 0.05) is 13.1 Å². The Morgan fingerprint density at radius 2 is 2.19 bits per heavy atom. The predicted molar refractivity (Wildman–Crippen MR) is 76.9 cm³/mol. The number of anilines is 1. The Morgan fingerprint density at radius 1 is 1.48 bits per heavy atom. The number of nitrogens with one attached hydrogen (secondary N) is 2. The Hall–Kier alpha value is -2.18. The lowest BCUT2D eigenvalue weighted by Crippen LogP contribution is -2.32. The van der Waals surface area contributed by atoms with Crippen LogP contribution in [0, 0.1) is 21.8 Å². The molecule has 1 amide bonds. The van der Waals surface area contributed by atoms with Gasteiger partial charge in [-0.05, 0) is 31.7 Å². The predicted octanol–water partition coefficient (Wildman–Crippen LogP) is 2.70. The van der Waals surface area contributed by atoms with E-state index < -0.39 is 22.3 Å². The number of nitro groups is 1. The quantitative estimate of drug-likeness (QED) is 0.624. The number of hydrogen-bond donors (Lipinski definition) is 2. The zero-order valence-corrected chi connectivity index (χ0v) is 11.8. The molecule has 1 aliphatic rings. The highest BCUT2D eigenvalue weighted by Gasteiger charge is 2.25. The number of carbonyl (C=O) groups is 1. The van der Waals surface area contributed by atoms with Crippen LogP contribution >= 0.6 is 0 Å². The third-order valence-corrected chi connectivity index (χ3v) is 3.67. The second-order valence-corrected chi connectivity index (χ2v) is 5.14. The van der Waals surface area contributed by atoms with E-state index in [1.165, 1.54) is 6.07 Å². The summed E-state index contributed by atoms with van der Waals surface area (Å²) < 4.78 is 13.7. The number of hydrogen-bond acceptors (Lipinski definition) is 4. The van der Waals surface area contributed by atoms with Crippen molar-refractivity contribution >= 4 is 17.3 Å². The van der Waals surface area contributed by atoms with Crippen molar-refractivity contribution in [2.24, 2.45) is 5.92 Å². The van der Waals surface area contributed by atoms with Gasteiger partial charge in [0.15, 0.2) is 5.82 Å². The Balaban J connectivity index is 2.22. The number of carbonyl (C=O) groups excluding carboxylic acids is 1. The summed E-state index contributed by atoms with van der Waals surface area (Å²) in [7, 11) is 0. The van der Waals surface area contributed by atoms with Crippen LogP contribution in [0.5, 0.6) is 0 Å². The van der Waals surface area contributed by atoms with Crippen molar-refractivity contribution in [2.75, 3.05) is 18.4 Å². The van der Waals surface area contributed by atoms with Gasteiger partial charge in [-0.2, -0.15) is 0 Å². The lowest BCUT2D eigenvalue weighted by molar-refractivity contribution is -0.385. The van der Waals surface area contributed by atoms with E-state index in [2.05, 4.69) is 10.6 Å². The molecule has 0 aromatic heterocycles. The highest BCUT2D eigenvalue weighted by Crippen LogP contribution is 2.27. The van der Waals surface area contributed by atoms with Gasteiger partial charge in [0.1, 0.15) is 5.56 Å². The minimum atomic E-state index is -0.739. The topological polar surface area (TPSA) is 84.3 Å². The van der Waals surface area contributed by atoms with Crippen molar-refractivity contribution < 1.29 is 14.1 Å². The maximum absolute atomic E-state index is 13.7. The van der Waals surface area contributed by atoms with Crippen LogP contribution in [-0.2, 0) is 0 Å². The maximum Gasteiger partial charge on any atom is 0.285 e. The summed E-state index contributed by atoms with van der Waals surface area (Å²) in [5, 5.41) is 16.4. The average Bonchev–Trinajstić information content (AvgIpc) is 2.38. The minimum absolute atomic E-state index is 0.0943. The van der Waals surface area contributed by atoms with Crippen LogP contribution in [0.3, 0.4) is 0 Å². The molecule has 1 aromatic carbocycles. The average molecular weight is 295 g/mol. The maximum atomic E-state index is 13.7. The number of nitrogens with zero attached hydrogens (tertiary/aromatic N) is 1. The molecule has 1 saturated carbocycles. The van der Waals surface area contributed by atoms with Crippen molar-refractivity contribution in [1.82, 2.24) is 5.32 Å². The Labute approximate surface area is 121 Å². The fourth-order valence-corrected chi connectivity index (χ4v) is 2.25. The molecule has 2 N–H and O–H groups in total. The first-order chi connectivity index (χ1) is 10.0. The molecule has 0 heterocycles. The van der Waals surface area contributed by atoms with E-state index in [-0.39, 0.29) is 11.3 Å². The van der Waals surface area contributed by atoms with Gasteiger partial charge in [0.25, 0.3) is 11.6 Å². The van der Waals surface area contributed by atoms with Gasteiger partial charge in [-0.15, -0.1) is 0 Å². The van der Waals surface area contributed by atoms with Crippen molar-refractivity contribution in [3.8, 4) is 0 Å². The monoisotopic (exact) mass is 295 g/mol. The standard InChI is InChI=1S/C14H18FN3O3/c1-2-16-12-6-10(13(18(20)21)7-11(12)15)14(19)17-8-9-4-3-5-9/h6-7,9,16H,2-5,8H2,1H3,(H,17,19). The molecule has 21 heavy (non-hydrogen) atoms. The Kier molecular flexibility index (Phi) is 4.72. The SMILES string of the molecule is CCNc1cc(C(=O)NCC2CCC2)c([N+](=O)[O-])cc1F. The summed E-state index contributed by atoms with van der Waals surface area (Å²) >= 11 is 0. The molecule has 6 nitrogen and oxygen atoms in total. The third kappa shape index (κ3) is 3.48. The van der Waals surface area contributed by atoms with Crippen LogP contribution in [0.15, 0.2) is 12.1 Å². The second-order valence-electron chi connectivity index (χ2n) is 5.14. The summed E-state index contributed by atoms with van der Waals surface area (Å²) in [5.74, 6) is -0.825. The fraction of sp³-hybridized carbons (Fsp3) is 0.500. The number of benzene rings is 1. The van der Waals surface area contributed by atoms with Gasteiger partial charge in [-0.3, -0.25) is 14.9 Å². The first-order valence-corrected chi connectivity index (χ1v) is 7.03. The lowest BCUT2D eigenvalue weighted by atomic mass is 9.85. The molecule has 0 atom stereocenters. The van der Waals surface area contributed by atoms with Gasteiger partial charge in [0.2, 0.25) is 0 Å². The van der Waals surface area contributed by atoms with E-state index in [0.717, 1.165) is 25.3 Å². The summed E-state index contributed by atoms with van der Waals surface area (Å²) in [6.07, 6.45) is 3.28. The largest absolute Gasteiger partial charge is 0.383 e. The molecular weight excluding hydrogens is 277 g/mol. The minimum Gasteiger partial charge on any atom is -0.383 e. The zero-order valence-electron chi connectivity index (χ0n) is 11.8. The summed E-state index contributed by atoms with van der Waals surface area (Å²) in [6, 6.07) is 1.99. The number of nitro benzene ring substituents is 1. The summed E-state index contributed by atoms with van der Waals surface area (Å²) in [4.78, 5) is 22.4. The van der Waals surface area contributed by atoms with Gasteiger partial charge in [-0.25, -0.2) is 4.39 Å². The molecule has 0 radical (unpaired) electrons. The van der Waals surface area contributed by atoms with Gasteiger partial charge >= 0.3 is 0 Å². The Morgan fingerprint density at radius 3 is 2.71 bits per heavy atom. The molecule has 0 unspecified atom stereocenters. The van der Waals surface area contributed by atoms with Crippen molar-refractivity contribution in [3.63, 3.8) is 0 Å². The number of halogens is 1. The molecule has 114 valence electrons. The van der Waals surface area contributed by atoms with Crippen LogP contribution in [0.4, 0.5) is 15.8 Å².